The van der Waals surface area contributed by atoms with E-state index in [0.29, 0.717) is 50.0 Å². The Morgan fingerprint density at radius 1 is 1.00 bits per heavy atom. The molecule has 1 aromatic heterocycles. The predicted molar refractivity (Wildman–Crippen MR) is 120 cm³/mol. The van der Waals surface area contributed by atoms with Gasteiger partial charge in [0.05, 0.1) is 15.4 Å². The average Bonchev–Trinajstić information content (AvgIpc) is 3.37. The number of nitro benzene ring substituents is 1. The van der Waals surface area contributed by atoms with E-state index in [1.807, 2.05) is 11.4 Å². The number of alkyl halides is 3. The third kappa shape index (κ3) is 5.01. The van der Waals surface area contributed by atoms with Gasteiger partial charge in [-0.2, -0.15) is 13.2 Å². The van der Waals surface area contributed by atoms with Gasteiger partial charge < -0.3 is 14.7 Å². The Bertz CT molecular complexity index is 1060. The zero-order chi connectivity index (χ0) is 24.5. The second-order valence-corrected chi connectivity index (χ2v) is 9.26. The van der Waals surface area contributed by atoms with E-state index in [1.54, 1.807) is 20.8 Å². The second kappa shape index (κ2) is 9.61. The summed E-state index contributed by atoms with van der Waals surface area (Å²) in [5.41, 5.74) is -1.55. The van der Waals surface area contributed by atoms with Crippen molar-refractivity contribution in [2.75, 3.05) is 44.2 Å². The van der Waals surface area contributed by atoms with E-state index in [2.05, 4.69) is 0 Å². The number of piperazine rings is 1. The average molecular weight is 497 g/mol. The van der Waals surface area contributed by atoms with Crippen LogP contribution in [0.3, 0.4) is 0 Å². The molecule has 3 heterocycles. The molecule has 0 radical (unpaired) electrons. The largest absolute Gasteiger partial charge is 0.416 e. The first-order chi connectivity index (χ1) is 16.1. The summed E-state index contributed by atoms with van der Waals surface area (Å²) in [7, 11) is 0. The highest BCUT2D eigenvalue weighted by Gasteiger charge is 2.36. The van der Waals surface area contributed by atoms with Crippen molar-refractivity contribution < 1.29 is 27.7 Å². The van der Waals surface area contributed by atoms with Crippen molar-refractivity contribution in [3.8, 4) is 0 Å². The van der Waals surface area contributed by atoms with Crippen LogP contribution in [-0.4, -0.2) is 65.8 Å². The Labute approximate surface area is 197 Å². The highest BCUT2D eigenvalue weighted by atomic mass is 32.1. The molecule has 0 aliphatic carbocycles. The second-order valence-electron chi connectivity index (χ2n) is 8.31. The number of amides is 2. The van der Waals surface area contributed by atoms with Crippen LogP contribution < -0.4 is 4.90 Å². The van der Waals surface area contributed by atoms with Crippen LogP contribution in [0.2, 0.25) is 0 Å². The number of nitrogens with zero attached hydrogens (tertiary/aromatic N) is 4. The van der Waals surface area contributed by atoms with Gasteiger partial charge in [0.1, 0.15) is 5.69 Å². The molecule has 0 N–H and O–H groups in total. The maximum absolute atomic E-state index is 13.0. The van der Waals surface area contributed by atoms with Gasteiger partial charge in [-0.15, -0.1) is 11.3 Å². The first-order valence-corrected chi connectivity index (χ1v) is 11.8. The molecule has 0 spiro atoms. The fraction of sp³-hybridized carbons (Fsp3) is 0.455. The van der Waals surface area contributed by atoms with Gasteiger partial charge in [-0.25, -0.2) is 0 Å². The summed E-state index contributed by atoms with van der Waals surface area (Å²) in [6.07, 6.45) is -3.53. The number of anilines is 1. The van der Waals surface area contributed by atoms with E-state index in [4.69, 9.17) is 0 Å². The fourth-order valence-electron chi connectivity index (χ4n) is 4.42. The number of hydrogen-bond acceptors (Lipinski definition) is 6. The lowest BCUT2D eigenvalue weighted by Gasteiger charge is -2.39. The van der Waals surface area contributed by atoms with Crippen LogP contribution in [0.5, 0.6) is 0 Å². The molecule has 0 atom stereocenters. The molecule has 8 nitrogen and oxygen atoms in total. The van der Waals surface area contributed by atoms with Crippen molar-refractivity contribution in [2.24, 2.45) is 5.92 Å². The van der Waals surface area contributed by atoms with Crippen LogP contribution in [0.1, 0.15) is 28.1 Å². The van der Waals surface area contributed by atoms with E-state index in [9.17, 15) is 32.9 Å². The minimum Gasteiger partial charge on any atom is -0.362 e. The number of likely N-dealkylation sites (tertiary alicyclic amines) is 1. The molecule has 0 bridgehead atoms. The van der Waals surface area contributed by atoms with Gasteiger partial charge in [0, 0.05) is 51.3 Å². The van der Waals surface area contributed by atoms with Gasteiger partial charge in [0.25, 0.3) is 11.6 Å². The number of thiophene rings is 1. The van der Waals surface area contributed by atoms with Crippen molar-refractivity contribution >= 4 is 34.5 Å². The zero-order valence-electron chi connectivity index (χ0n) is 18.2. The molecule has 2 aromatic rings. The van der Waals surface area contributed by atoms with Crippen molar-refractivity contribution in [1.82, 2.24) is 9.80 Å². The van der Waals surface area contributed by atoms with Crippen molar-refractivity contribution in [1.29, 1.82) is 0 Å². The predicted octanol–water partition coefficient (Wildman–Crippen LogP) is 3.88. The Balaban J connectivity index is 1.34. The smallest absolute Gasteiger partial charge is 0.362 e. The summed E-state index contributed by atoms with van der Waals surface area (Å²) in [5, 5.41) is 13.2. The molecular formula is C22H23F3N4O4S. The van der Waals surface area contributed by atoms with Crippen molar-refractivity contribution in [3.63, 3.8) is 0 Å². The Kier molecular flexibility index (Phi) is 6.78. The van der Waals surface area contributed by atoms with E-state index < -0.39 is 22.4 Å². The Morgan fingerprint density at radius 2 is 1.68 bits per heavy atom. The molecule has 182 valence electrons. The highest BCUT2D eigenvalue weighted by Crippen LogP contribution is 2.37. The summed E-state index contributed by atoms with van der Waals surface area (Å²) >= 11 is 1.39. The summed E-state index contributed by atoms with van der Waals surface area (Å²) in [4.78, 5) is 41.9. The molecule has 12 heteroatoms. The molecule has 34 heavy (non-hydrogen) atoms. The number of carbonyl (C=O) groups excluding carboxylic acids is 2. The molecule has 2 aliphatic heterocycles. The first kappa shape index (κ1) is 24.0. The Morgan fingerprint density at radius 3 is 2.24 bits per heavy atom. The number of nitro groups is 1. The normalized spacial score (nSPS) is 17.7. The molecule has 4 rings (SSSR count). The zero-order valence-corrected chi connectivity index (χ0v) is 19.0. The first-order valence-electron chi connectivity index (χ1n) is 10.9. The number of hydrogen-bond donors (Lipinski definition) is 0. The van der Waals surface area contributed by atoms with Gasteiger partial charge in [-0.05, 0) is 36.4 Å². The summed E-state index contributed by atoms with van der Waals surface area (Å²) in [6, 6.07) is 6.12. The highest BCUT2D eigenvalue weighted by molar-refractivity contribution is 7.12. The molecular weight excluding hydrogens is 473 g/mol. The summed E-state index contributed by atoms with van der Waals surface area (Å²) < 4.78 is 38.9. The van der Waals surface area contributed by atoms with Gasteiger partial charge in [0.2, 0.25) is 5.91 Å². The topological polar surface area (TPSA) is 87.0 Å². The lowest BCUT2D eigenvalue weighted by Crippen LogP contribution is -2.52. The molecule has 2 saturated heterocycles. The molecule has 2 amide bonds. The van der Waals surface area contributed by atoms with Crippen molar-refractivity contribution in [3.05, 3.63) is 56.3 Å². The standard InChI is InChI=1S/C22H23F3N4O4S/c23-22(24,25)16-3-4-17(18(14-16)29(32)33)26-9-11-28(12-10-26)20(30)15-5-7-27(8-6-15)21(31)19-2-1-13-34-19/h1-4,13-15H,5-12H2. The van der Waals surface area contributed by atoms with E-state index in [0.717, 1.165) is 12.1 Å². The maximum atomic E-state index is 13.0. The molecule has 2 aliphatic rings. The van der Waals surface area contributed by atoms with Gasteiger partial charge in [-0.3, -0.25) is 19.7 Å². The van der Waals surface area contributed by atoms with Gasteiger partial charge >= 0.3 is 6.18 Å². The lowest BCUT2D eigenvalue weighted by atomic mass is 9.94. The number of benzene rings is 1. The van der Waals surface area contributed by atoms with Crippen LogP contribution in [0, 0.1) is 16.0 Å². The van der Waals surface area contributed by atoms with E-state index in [-0.39, 0.29) is 36.5 Å². The van der Waals surface area contributed by atoms with Crippen LogP contribution in [-0.2, 0) is 11.0 Å². The third-order valence-electron chi connectivity index (χ3n) is 6.29. The number of carbonyl (C=O) groups is 2. The van der Waals surface area contributed by atoms with Gasteiger partial charge in [-0.1, -0.05) is 6.07 Å². The van der Waals surface area contributed by atoms with Gasteiger partial charge in [0.15, 0.2) is 0 Å². The fourth-order valence-corrected chi connectivity index (χ4v) is 5.12. The van der Waals surface area contributed by atoms with Crippen LogP contribution in [0.15, 0.2) is 35.7 Å². The lowest BCUT2D eigenvalue weighted by molar-refractivity contribution is -0.384. The summed E-state index contributed by atoms with van der Waals surface area (Å²) in [6.45, 7) is 2.23. The van der Waals surface area contributed by atoms with Crippen LogP contribution in [0.4, 0.5) is 24.5 Å². The molecule has 0 unspecified atom stereocenters. The number of rotatable bonds is 4. The minimum absolute atomic E-state index is 0.00945. The minimum atomic E-state index is -4.67. The third-order valence-corrected chi connectivity index (χ3v) is 7.15. The van der Waals surface area contributed by atoms with Crippen molar-refractivity contribution in [2.45, 2.75) is 19.0 Å². The van der Waals surface area contributed by atoms with Crippen LogP contribution >= 0.6 is 11.3 Å². The SMILES string of the molecule is O=C(c1cccs1)N1CCC(C(=O)N2CCN(c3ccc(C(F)(F)F)cc3[N+](=O)[O-])CC2)CC1. The number of piperidine rings is 1. The number of halogens is 3. The quantitative estimate of drug-likeness (QED) is 0.474. The van der Waals surface area contributed by atoms with E-state index in [1.165, 1.54) is 11.3 Å². The Hall–Kier alpha value is -3.15. The molecule has 1 aromatic carbocycles. The van der Waals surface area contributed by atoms with E-state index >= 15 is 0 Å². The van der Waals surface area contributed by atoms with Crippen LogP contribution in [0.25, 0.3) is 0 Å². The monoisotopic (exact) mass is 496 g/mol. The molecule has 2 fully saturated rings. The molecule has 0 saturated carbocycles. The maximum Gasteiger partial charge on any atom is 0.416 e. The summed E-state index contributed by atoms with van der Waals surface area (Å²) in [5.74, 6) is -0.225.